The minimum Gasteiger partial charge on any atom is -0.355 e. The fraction of sp³-hybridized carbons (Fsp3) is 0.368. The van der Waals surface area contributed by atoms with E-state index in [0.717, 1.165) is 47.8 Å². The largest absolute Gasteiger partial charge is 0.355 e. The molecule has 0 radical (unpaired) electrons. The second-order valence-electron chi connectivity index (χ2n) is 6.57. The van der Waals surface area contributed by atoms with Crippen LogP contribution in [-0.4, -0.2) is 51.2 Å². The summed E-state index contributed by atoms with van der Waals surface area (Å²) in [5, 5.41) is 6.62. The van der Waals surface area contributed by atoms with E-state index in [9.17, 15) is 0 Å². The van der Waals surface area contributed by atoms with Crippen LogP contribution < -0.4 is 5.32 Å². The number of aromatic nitrogens is 4. The third-order valence-corrected chi connectivity index (χ3v) is 6.07. The molecular weight excluding hydrogens is 408 g/mol. The lowest BCUT2D eigenvalue weighted by Gasteiger charge is -2.07. The summed E-state index contributed by atoms with van der Waals surface area (Å²) in [5.74, 6) is 2.61. The second kappa shape index (κ2) is 10.7. The van der Waals surface area contributed by atoms with Crippen molar-refractivity contribution in [2.75, 3.05) is 31.7 Å². The number of H-pyrrole nitrogens is 1. The van der Waals surface area contributed by atoms with Crippen molar-refractivity contribution in [2.24, 2.45) is 0 Å². The molecule has 0 saturated heterocycles. The van der Waals surface area contributed by atoms with Crippen molar-refractivity contribution < 1.29 is 0 Å². The summed E-state index contributed by atoms with van der Waals surface area (Å²) in [6, 6.07) is 3.97. The standard InChI is InChI=1S/C19H24N6S3/c1-25(2)11-17-23-16(13-28-17)12-27-7-6-21-19-22-10-15(18(26)24-19)8-14-4-3-5-20-9-14/h3-5,9-10,13H,6-8,11-12H2,1-2H3,(H2,21,22,24,26). The molecule has 6 nitrogen and oxygen atoms in total. The summed E-state index contributed by atoms with van der Waals surface area (Å²) in [6.45, 7) is 1.72. The number of pyridine rings is 1. The maximum atomic E-state index is 5.46. The fourth-order valence-corrected chi connectivity index (χ4v) is 4.52. The van der Waals surface area contributed by atoms with E-state index in [1.165, 1.54) is 5.01 Å². The predicted molar refractivity (Wildman–Crippen MR) is 121 cm³/mol. The van der Waals surface area contributed by atoms with Gasteiger partial charge in [-0.05, 0) is 25.7 Å². The Balaban J connectivity index is 1.41. The van der Waals surface area contributed by atoms with Gasteiger partial charge in [-0.3, -0.25) is 4.98 Å². The monoisotopic (exact) mass is 432 g/mol. The number of rotatable bonds is 10. The normalized spacial score (nSPS) is 11.1. The Hall–Kier alpha value is -1.81. The molecule has 3 rings (SSSR count). The highest BCUT2D eigenvalue weighted by Crippen LogP contribution is 2.17. The van der Waals surface area contributed by atoms with Gasteiger partial charge in [0, 0.05) is 60.6 Å². The molecule has 0 unspecified atom stereocenters. The van der Waals surface area contributed by atoms with Gasteiger partial charge >= 0.3 is 0 Å². The molecule has 9 heteroatoms. The number of aromatic amines is 1. The Morgan fingerprint density at radius 2 is 2.21 bits per heavy atom. The van der Waals surface area contributed by atoms with Crippen LogP contribution in [0, 0.1) is 4.64 Å². The van der Waals surface area contributed by atoms with Gasteiger partial charge in [-0.2, -0.15) is 11.8 Å². The number of thiazole rings is 1. The summed E-state index contributed by atoms with van der Waals surface area (Å²) in [4.78, 5) is 18.6. The van der Waals surface area contributed by atoms with Crippen LogP contribution in [0.4, 0.5) is 5.95 Å². The molecule has 0 fully saturated rings. The number of hydrogen-bond acceptors (Lipinski definition) is 8. The molecule has 3 aromatic heterocycles. The first-order valence-corrected chi connectivity index (χ1v) is 11.4. The maximum absolute atomic E-state index is 5.46. The quantitative estimate of drug-likeness (QED) is 0.371. The van der Waals surface area contributed by atoms with E-state index in [1.54, 1.807) is 17.5 Å². The summed E-state index contributed by atoms with van der Waals surface area (Å²) in [7, 11) is 4.12. The lowest BCUT2D eigenvalue weighted by molar-refractivity contribution is 0.401. The average Bonchev–Trinajstić information content (AvgIpc) is 3.11. The molecule has 3 heterocycles. The van der Waals surface area contributed by atoms with Crippen molar-refractivity contribution in [1.29, 1.82) is 0 Å². The Bertz CT molecular complexity index is 923. The van der Waals surface area contributed by atoms with E-state index in [0.29, 0.717) is 10.6 Å². The molecule has 0 atom stereocenters. The first kappa shape index (κ1) is 20.9. The molecule has 148 valence electrons. The molecule has 0 aliphatic heterocycles. The molecule has 0 aromatic carbocycles. The number of nitrogens with one attached hydrogen (secondary N) is 2. The van der Waals surface area contributed by atoms with Crippen molar-refractivity contribution in [1.82, 2.24) is 24.8 Å². The fourth-order valence-electron chi connectivity index (χ4n) is 2.54. The highest BCUT2D eigenvalue weighted by molar-refractivity contribution is 7.98. The van der Waals surface area contributed by atoms with Crippen molar-refractivity contribution in [2.45, 2.75) is 18.7 Å². The van der Waals surface area contributed by atoms with E-state index in [1.807, 2.05) is 36.3 Å². The SMILES string of the molecule is CN(C)Cc1nc(CSCCNc2ncc(Cc3cccnc3)c(=S)[nH]2)cs1. The third-order valence-electron chi connectivity index (χ3n) is 3.83. The zero-order valence-corrected chi connectivity index (χ0v) is 18.5. The van der Waals surface area contributed by atoms with Crippen LogP contribution >= 0.6 is 35.3 Å². The third kappa shape index (κ3) is 6.66. The van der Waals surface area contributed by atoms with E-state index in [4.69, 9.17) is 12.2 Å². The summed E-state index contributed by atoms with van der Waals surface area (Å²) < 4.78 is 0.713. The van der Waals surface area contributed by atoms with Crippen LogP contribution in [0.2, 0.25) is 0 Å². The van der Waals surface area contributed by atoms with Crippen LogP contribution in [0.5, 0.6) is 0 Å². The molecule has 0 bridgehead atoms. The first-order valence-electron chi connectivity index (χ1n) is 8.97. The molecule has 0 aliphatic carbocycles. The second-order valence-corrected chi connectivity index (χ2v) is 9.03. The van der Waals surface area contributed by atoms with Crippen LogP contribution in [0.15, 0.2) is 36.1 Å². The predicted octanol–water partition coefficient (Wildman–Crippen LogP) is 3.99. The zero-order chi connectivity index (χ0) is 19.8. The summed E-state index contributed by atoms with van der Waals surface area (Å²) in [6.07, 6.45) is 6.19. The van der Waals surface area contributed by atoms with Crippen LogP contribution in [0.1, 0.15) is 21.8 Å². The van der Waals surface area contributed by atoms with Gasteiger partial charge in [0.2, 0.25) is 5.95 Å². The minimum absolute atomic E-state index is 0.711. The Labute approximate surface area is 178 Å². The molecule has 28 heavy (non-hydrogen) atoms. The molecular formula is C19H24N6S3. The van der Waals surface area contributed by atoms with Gasteiger partial charge < -0.3 is 15.2 Å². The van der Waals surface area contributed by atoms with Crippen molar-refractivity contribution in [3.8, 4) is 0 Å². The van der Waals surface area contributed by atoms with Crippen LogP contribution in [0.25, 0.3) is 0 Å². The number of thioether (sulfide) groups is 1. The smallest absolute Gasteiger partial charge is 0.201 e. The van der Waals surface area contributed by atoms with E-state index in [2.05, 4.69) is 49.6 Å². The highest BCUT2D eigenvalue weighted by atomic mass is 32.2. The van der Waals surface area contributed by atoms with Crippen molar-refractivity contribution >= 4 is 41.3 Å². The van der Waals surface area contributed by atoms with E-state index < -0.39 is 0 Å². The van der Waals surface area contributed by atoms with Gasteiger partial charge in [-0.1, -0.05) is 18.3 Å². The molecule has 0 amide bonds. The Morgan fingerprint density at radius 3 is 2.96 bits per heavy atom. The first-order chi connectivity index (χ1) is 13.6. The topological polar surface area (TPSA) is 69.7 Å². The average molecular weight is 433 g/mol. The lowest BCUT2D eigenvalue weighted by Crippen LogP contribution is -2.10. The highest BCUT2D eigenvalue weighted by Gasteiger charge is 2.04. The minimum atomic E-state index is 0.711. The number of nitrogens with zero attached hydrogens (tertiary/aromatic N) is 4. The molecule has 3 aromatic rings. The van der Waals surface area contributed by atoms with Gasteiger partial charge in [0.25, 0.3) is 0 Å². The van der Waals surface area contributed by atoms with Crippen LogP contribution in [0.3, 0.4) is 0 Å². The zero-order valence-electron chi connectivity index (χ0n) is 16.0. The lowest BCUT2D eigenvalue weighted by atomic mass is 10.1. The summed E-state index contributed by atoms with van der Waals surface area (Å²) in [5.41, 5.74) is 3.28. The van der Waals surface area contributed by atoms with Gasteiger partial charge in [-0.15, -0.1) is 11.3 Å². The van der Waals surface area contributed by atoms with E-state index in [-0.39, 0.29) is 0 Å². The van der Waals surface area contributed by atoms with Gasteiger partial charge in [0.15, 0.2) is 0 Å². The Morgan fingerprint density at radius 1 is 1.32 bits per heavy atom. The molecule has 0 saturated carbocycles. The van der Waals surface area contributed by atoms with Crippen LogP contribution in [-0.2, 0) is 18.7 Å². The molecule has 0 spiro atoms. The Kier molecular flexibility index (Phi) is 7.96. The molecule has 0 aliphatic rings. The van der Waals surface area contributed by atoms with Gasteiger partial charge in [-0.25, -0.2) is 9.97 Å². The van der Waals surface area contributed by atoms with Gasteiger partial charge in [0.05, 0.1) is 5.69 Å². The molecule has 2 N–H and O–H groups in total. The van der Waals surface area contributed by atoms with Gasteiger partial charge in [0.1, 0.15) is 9.65 Å². The van der Waals surface area contributed by atoms with Crippen molar-refractivity contribution in [3.05, 3.63) is 62.6 Å². The van der Waals surface area contributed by atoms with E-state index >= 15 is 0 Å². The number of hydrogen-bond donors (Lipinski definition) is 2. The maximum Gasteiger partial charge on any atom is 0.201 e. The number of anilines is 1. The summed E-state index contributed by atoms with van der Waals surface area (Å²) >= 11 is 9.05. The van der Waals surface area contributed by atoms with Crippen molar-refractivity contribution in [3.63, 3.8) is 0 Å².